The van der Waals surface area contributed by atoms with Crippen LogP contribution in [0.3, 0.4) is 0 Å². The molecule has 0 saturated carbocycles. The second-order valence-corrected chi connectivity index (χ2v) is 4.12. The average molecular weight is 309 g/mol. The number of methoxy groups -OCH3 is 1. The van der Waals surface area contributed by atoms with Gasteiger partial charge in [-0.15, -0.1) is 0 Å². The number of carbonyl (C=O) groups excluding carboxylic acids is 1. The molecule has 0 aromatic heterocycles. The molecule has 1 rings (SSSR count). The predicted molar refractivity (Wildman–Crippen MR) is 61.5 cm³/mol. The Kier molecular flexibility index (Phi) is 4.26. The summed E-state index contributed by atoms with van der Waals surface area (Å²) in [4.78, 5) is 21.1. The van der Waals surface area contributed by atoms with E-state index >= 15 is 0 Å². The summed E-state index contributed by atoms with van der Waals surface area (Å²) in [7, 11) is 1.25. The highest BCUT2D eigenvalue weighted by molar-refractivity contribution is 9.10. The quantitative estimate of drug-likeness (QED) is 0.489. The van der Waals surface area contributed by atoms with Gasteiger partial charge in [0.1, 0.15) is 4.47 Å². The fourth-order valence-corrected chi connectivity index (χ4v) is 1.71. The molecule has 5 nitrogen and oxygen atoms in total. The molecular formula is C9H7BrClNO4. The number of benzene rings is 1. The summed E-state index contributed by atoms with van der Waals surface area (Å²) < 4.78 is 4.66. The number of esters is 1. The maximum Gasteiger partial charge on any atom is 0.309 e. The Bertz CT molecular complexity index is 449. The highest BCUT2D eigenvalue weighted by Gasteiger charge is 2.17. The zero-order valence-electron chi connectivity index (χ0n) is 8.20. The lowest BCUT2D eigenvalue weighted by molar-refractivity contribution is -0.385. The van der Waals surface area contributed by atoms with Crippen LogP contribution in [0.4, 0.5) is 5.69 Å². The first-order valence-corrected chi connectivity index (χ1v) is 5.32. The van der Waals surface area contributed by atoms with Crippen LogP contribution in [-0.2, 0) is 16.0 Å². The van der Waals surface area contributed by atoms with Crippen molar-refractivity contribution < 1.29 is 14.5 Å². The maximum atomic E-state index is 11.0. The number of nitro groups is 1. The van der Waals surface area contributed by atoms with E-state index in [1.165, 1.54) is 19.2 Å². The first-order chi connectivity index (χ1) is 7.45. The van der Waals surface area contributed by atoms with Crippen molar-refractivity contribution in [3.8, 4) is 0 Å². The molecule has 0 aliphatic rings. The molecular weight excluding hydrogens is 301 g/mol. The van der Waals surface area contributed by atoms with E-state index in [0.29, 0.717) is 5.56 Å². The summed E-state index contributed by atoms with van der Waals surface area (Å²) in [5.41, 5.74) is 0.262. The van der Waals surface area contributed by atoms with Gasteiger partial charge >= 0.3 is 5.97 Å². The minimum absolute atomic E-state index is 0.0513. The van der Waals surface area contributed by atoms with Gasteiger partial charge in [0.15, 0.2) is 0 Å². The molecule has 0 saturated heterocycles. The molecule has 86 valence electrons. The van der Waals surface area contributed by atoms with E-state index in [1.54, 1.807) is 0 Å². The summed E-state index contributed by atoms with van der Waals surface area (Å²) in [5, 5.41) is 10.9. The fourth-order valence-electron chi connectivity index (χ4n) is 1.10. The third-order valence-electron chi connectivity index (χ3n) is 1.84. The summed E-state index contributed by atoms with van der Waals surface area (Å²) in [6.07, 6.45) is -0.0513. The molecule has 7 heteroatoms. The Labute approximate surface area is 105 Å². The van der Waals surface area contributed by atoms with Gasteiger partial charge in [0.05, 0.1) is 23.5 Å². The van der Waals surface area contributed by atoms with Gasteiger partial charge in [-0.3, -0.25) is 14.9 Å². The van der Waals surface area contributed by atoms with Gasteiger partial charge in [-0.1, -0.05) is 11.6 Å². The van der Waals surface area contributed by atoms with Crippen LogP contribution < -0.4 is 0 Å². The largest absolute Gasteiger partial charge is 0.469 e. The molecule has 1 aromatic carbocycles. The standard InChI is InChI=1S/C9H7BrClNO4/c1-16-8(13)4-5-2-6(11)9(10)7(3-5)12(14)15/h2-3H,4H2,1H3. The van der Waals surface area contributed by atoms with Gasteiger partial charge in [-0.05, 0) is 27.6 Å². The van der Waals surface area contributed by atoms with Gasteiger partial charge < -0.3 is 4.74 Å². The molecule has 0 heterocycles. The molecule has 0 unspecified atom stereocenters. The number of rotatable bonds is 3. The van der Waals surface area contributed by atoms with Crippen molar-refractivity contribution >= 4 is 39.2 Å². The lowest BCUT2D eigenvalue weighted by Gasteiger charge is -2.03. The molecule has 0 bridgehead atoms. The van der Waals surface area contributed by atoms with Gasteiger partial charge in [-0.2, -0.15) is 0 Å². The Morgan fingerprint density at radius 2 is 2.25 bits per heavy atom. The molecule has 0 aliphatic heterocycles. The van der Waals surface area contributed by atoms with Crippen molar-refractivity contribution in [3.05, 3.63) is 37.3 Å². The monoisotopic (exact) mass is 307 g/mol. The molecule has 1 aromatic rings. The Morgan fingerprint density at radius 3 is 2.75 bits per heavy atom. The van der Waals surface area contributed by atoms with Crippen molar-refractivity contribution in [2.24, 2.45) is 0 Å². The van der Waals surface area contributed by atoms with E-state index in [0.717, 1.165) is 0 Å². The third kappa shape index (κ3) is 2.93. The zero-order chi connectivity index (χ0) is 12.3. The molecule has 16 heavy (non-hydrogen) atoms. The highest BCUT2D eigenvalue weighted by Crippen LogP contribution is 2.33. The van der Waals surface area contributed by atoms with Crippen LogP contribution in [0.5, 0.6) is 0 Å². The summed E-state index contributed by atoms with van der Waals surface area (Å²) in [5.74, 6) is -0.479. The Balaban J connectivity index is 3.14. The van der Waals surface area contributed by atoms with E-state index in [4.69, 9.17) is 11.6 Å². The molecule has 0 spiro atoms. The van der Waals surface area contributed by atoms with Crippen LogP contribution in [0.1, 0.15) is 5.56 Å². The first kappa shape index (κ1) is 12.9. The minimum atomic E-state index is -0.573. The van der Waals surface area contributed by atoms with E-state index < -0.39 is 10.9 Å². The van der Waals surface area contributed by atoms with Gasteiger partial charge in [-0.25, -0.2) is 0 Å². The van der Waals surface area contributed by atoms with Crippen molar-refractivity contribution in [1.29, 1.82) is 0 Å². The Morgan fingerprint density at radius 1 is 1.62 bits per heavy atom. The van der Waals surface area contributed by atoms with E-state index in [1.807, 2.05) is 0 Å². The second kappa shape index (κ2) is 5.27. The number of nitrogens with zero attached hydrogens (tertiary/aromatic N) is 1. The van der Waals surface area contributed by atoms with Crippen molar-refractivity contribution in [3.63, 3.8) is 0 Å². The zero-order valence-corrected chi connectivity index (χ0v) is 10.5. The molecule has 0 amide bonds. The molecule has 0 fully saturated rings. The van der Waals surface area contributed by atoms with Crippen LogP contribution in [0.25, 0.3) is 0 Å². The smallest absolute Gasteiger partial charge is 0.309 e. The molecule has 0 atom stereocenters. The molecule has 0 aliphatic carbocycles. The van der Waals surface area contributed by atoms with Crippen molar-refractivity contribution in [1.82, 2.24) is 0 Å². The van der Waals surface area contributed by atoms with Crippen LogP contribution in [-0.4, -0.2) is 18.0 Å². The summed E-state index contributed by atoms with van der Waals surface area (Å²) in [6, 6.07) is 2.77. The highest BCUT2D eigenvalue weighted by atomic mass is 79.9. The predicted octanol–water partition coefficient (Wildman–Crippen LogP) is 2.73. The number of hydrogen-bond acceptors (Lipinski definition) is 4. The average Bonchev–Trinajstić information content (AvgIpc) is 2.22. The number of hydrogen-bond donors (Lipinski definition) is 0. The van der Waals surface area contributed by atoms with Crippen LogP contribution in [0.2, 0.25) is 5.02 Å². The minimum Gasteiger partial charge on any atom is -0.469 e. The number of carbonyl (C=O) groups is 1. The third-order valence-corrected chi connectivity index (χ3v) is 3.20. The normalized spacial score (nSPS) is 9.94. The number of halogens is 2. The topological polar surface area (TPSA) is 69.4 Å². The second-order valence-electron chi connectivity index (χ2n) is 2.92. The summed E-state index contributed by atoms with van der Waals surface area (Å²) in [6.45, 7) is 0. The summed E-state index contributed by atoms with van der Waals surface area (Å²) >= 11 is 8.79. The number of ether oxygens (including phenoxy) is 1. The first-order valence-electron chi connectivity index (χ1n) is 4.15. The number of nitro benzene ring substituents is 1. The van der Waals surface area contributed by atoms with Gasteiger partial charge in [0, 0.05) is 6.07 Å². The van der Waals surface area contributed by atoms with Crippen molar-refractivity contribution in [2.75, 3.05) is 7.11 Å². The lowest BCUT2D eigenvalue weighted by atomic mass is 10.1. The fraction of sp³-hybridized carbons (Fsp3) is 0.222. The van der Waals surface area contributed by atoms with Gasteiger partial charge in [0.2, 0.25) is 0 Å². The van der Waals surface area contributed by atoms with E-state index in [2.05, 4.69) is 20.7 Å². The van der Waals surface area contributed by atoms with Crippen LogP contribution in [0.15, 0.2) is 16.6 Å². The van der Waals surface area contributed by atoms with Crippen molar-refractivity contribution in [2.45, 2.75) is 6.42 Å². The van der Waals surface area contributed by atoms with E-state index in [-0.39, 0.29) is 21.6 Å². The molecule has 0 N–H and O–H groups in total. The Hall–Kier alpha value is -1.14. The SMILES string of the molecule is COC(=O)Cc1cc(Cl)c(Br)c([N+](=O)[O-])c1. The van der Waals surface area contributed by atoms with Gasteiger partial charge in [0.25, 0.3) is 5.69 Å². The lowest BCUT2D eigenvalue weighted by Crippen LogP contribution is -2.05. The molecule has 0 radical (unpaired) electrons. The maximum absolute atomic E-state index is 11.0. The van der Waals surface area contributed by atoms with Crippen LogP contribution >= 0.6 is 27.5 Å². The van der Waals surface area contributed by atoms with E-state index in [9.17, 15) is 14.9 Å². The van der Waals surface area contributed by atoms with Crippen LogP contribution in [0, 0.1) is 10.1 Å².